The first kappa shape index (κ1) is 22.3. The minimum atomic E-state index is -0.579. The zero-order valence-corrected chi connectivity index (χ0v) is 18.8. The number of nitrogens with zero attached hydrogens (tertiary/aromatic N) is 2. The number of hydrogen-bond donors (Lipinski definition) is 1. The van der Waals surface area contributed by atoms with Crippen LogP contribution in [0.25, 0.3) is 22.6 Å². The summed E-state index contributed by atoms with van der Waals surface area (Å²) in [6.07, 6.45) is 0. The number of anilines is 1. The van der Waals surface area contributed by atoms with Crippen LogP contribution in [0.15, 0.2) is 59.0 Å². The van der Waals surface area contributed by atoms with Gasteiger partial charge in [0.15, 0.2) is 5.58 Å². The minimum Gasteiger partial charge on any atom is -0.495 e. The molecule has 0 saturated heterocycles. The van der Waals surface area contributed by atoms with E-state index in [0.29, 0.717) is 34.4 Å². The van der Waals surface area contributed by atoms with Gasteiger partial charge in [-0.1, -0.05) is 31.5 Å². The molecule has 0 aliphatic heterocycles. The Bertz CT molecular complexity index is 1380. The SMILES string of the molecule is COc1ccc(-c2nc3cc(C(C)C)ccc3o2)cc1NC(=O)c1ccc([N+](=O)[O-])cc1Cl. The number of carbonyl (C=O) groups excluding carboxylic acids is 1. The highest BCUT2D eigenvalue weighted by Crippen LogP contribution is 2.33. The number of carbonyl (C=O) groups is 1. The van der Waals surface area contributed by atoms with Gasteiger partial charge in [0.05, 0.1) is 28.3 Å². The van der Waals surface area contributed by atoms with E-state index < -0.39 is 10.8 Å². The van der Waals surface area contributed by atoms with Crippen molar-refractivity contribution in [3.8, 4) is 17.2 Å². The first-order chi connectivity index (χ1) is 15.8. The molecule has 0 fully saturated rings. The molecule has 0 spiro atoms. The highest BCUT2D eigenvalue weighted by atomic mass is 35.5. The summed E-state index contributed by atoms with van der Waals surface area (Å²) in [7, 11) is 1.48. The van der Waals surface area contributed by atoms with Crippen molar-refractivity contribution in [2.75, 3.05) is 12.4 Å². The Labute approximate surface area is 194 Å². The first-order valence-corrected chi connectivity index (χ1v) is 10.5. The maximum atomic E-state index is 12.8. The number of benzene rings is 3. The molecular weight excluding hydrogens is 446 g/mol. The van der Waals surface area contributed by atoms with Crippen LogP contribution in [-0.4, -0.2) is 22.9 Å². The first-order valence-electron chi connectivity index (χ1n) is 10.1. The average Bonchev–Trinajstić information content (AvgIpc) is 3.22. The molecule has 1 N–H and O–H groups in total. The molecule has 33 heavy (non-hydrogen) atoms. The summed E-state index contributed by atoms with van der Waals surface area (Å²) in [4.78, 5) is 27.7. The zero-order chi connectivity index (χ0) is 23.7. The Morgan fingerprint density at radius 2 is 1.94 bits per heavy atom. The molecule has 1 aromatic heterocycles. The molecule has 9 heteroatoms. The predicted octanol–water partition coefficient (Wildman–Crippen LogP) is 6.44. The highest BCUT2D eigenvalue weighted by Gasteiger charge is 2.18. The van der Waals surface area contributed by atoms with E-state index in [1.807, 2.05) is 18.2 Å². The third-order valence-electron chi connectivity index (χ3n) is 5.18. The van der Waals surface area contributed by atoms with Crippen molar-refractivity contribution in [1.29, 1.82) is 0 Å². The van der Waals surface area contributed by atoms with Gasteiger partial charge in [-0.05, 0) is 47.9 Å². The van der Waals surface area contributed by atoms with Crippen molar-refractivity contribution < 1.29 is 18.9 Å². The van der Waals surface area contributed by atoms with Gasteiger partial charge in [-0.3, -0.25) is 14.9 Å². The highest BCUT2D eigenvalue weighted by molar-refractivity contribution is 6.34. The Morgan fingerprint density at radius 1 is 1.15 bits per heavy atom. The molecule has 4 aromatic rings. The maximum absolute atomic E-state index is 12.8. The van der Waals surface area contributed by atoms with Gasteiger partial charge < -0.3 is 14.5 Å². The number of nitro benzene ring substituents is 1. The Balaban J connectivity index is 1.67. The lowest BCUT2D eigenvalue weighted by Gasteiger charge is -2.12. The Hall–Kier alpha value is -3.91. The van der Waals surface area contributed by atoms with Gasteiger partial charge in [0, 0.05) is 17.7 Å². The molecule has 4 rings (SSSR count). The lowest BCUT2D eigenvalue weighted by atomic mass is 10.0. The predicted molar refractivity (Wildman–Crippen MR) is 126 cm³/mol. The number of amides is 1. The second kappa shape index (κ2) is 8.91. The van der Waals surface area contributed by atoms with Crippen LogP contribution >= 0.6 is 11.6 Å². The second-order valence-corrected chi connectivity index (χ2v) is 8.10. The van der Waals surface area contributed by atoms with Gasteiger partial charge in [0.25, 0.3) is 11.6 Å². The molecule has 8 nitrogen and oxygen atoms in total. The summed E-state index contributed by atoms with van der Waals surface area (Å²) < 4.78 is 11.3. The largest absolute Gasteiger partial charge is 0.495 e. The molecule has 0 unspecified atom stereocenters. The fourth-order valence-corrected chi connectivity index (χ4v) is 3.62. The molecule has 0 aliphatic rings. The van der Waals surface area contributed by atoms with Gasteiger partial charge in [0.1, 0.15) is 11.3 Å². The molecule has 0 atom stereocenters. The van der Waals surface area contributed by atoms with E-state index in [9.17, 15) is 14.9 Å². The molecule has 3 aromatic carbocycles. The van der Waals surface area contributed by atoms with Crippen LogP contribution in [0.4, 0.5) is 11.4 Å². The quantitative estimate of drug-likeness (QED) is 0.259. The van der Waals surface area contributed by atoms with Crippen molar-refractivity contribution >= 4 is 40.0 Å². The number of methoxy groups -OCH3 is 1. The van der Waals surface area contributed by atoms with Crippen LogP contribution in [-0.2, 0) is 0 Å². The number of non-ortho nitro benzene ring substituents is 1. The Morgan fingerprint density at radius 3 is 2.61 bits per heavy atom. The third-order valence-corrected chi connectivity index (χ3v) is 5.49. The molecule has 1 amide bonds. The van der Waals surface area contributed by atoms with Crippen LogP contribution in [0.1, 0.15) is 35.7 Å². The number of hydrogen-bond acceptors (Lipinski definition) is 6. The van der Waals surface area contributed by atoms with Crippen LogP contribution < -0.4 is 10.1 Å². The van der Waals surface area contributed by atoms with Crippen LogP contribution in [0.2, 0.25) is 5.02 Å². The normalized spacial score (nSPS) is 11.1. The van der Waals surface area contributed by atoms with Crippen molar-refractivity contribution in [2.24, 2.45) is 0 Å². The number of halogens is 1. The number of rotatable bonds is 6. The molecule has 0 saturated carbocycles. The van der Waals surface area contributed by atoms with Crippen molar-refractivity contribution in [3.63, 3.8) is 0 Å². The van der Waals surface area contributed by atoms with Gasteiger partial charge in [-0.15, -0.1) is 0 Å². The number of nitro groups is 1. The monoisotopic (exact) mass is 465 g/mol. The molecule has 0 bridgehead atoms. The lowest BCUT2D eigenvalue weighted by Crippen LogP contribution is -2.13. The molecule has 168 valence electrons. The molecule has 0 aliphatic carbocycles. The summed E-state index contributed by atoms with van der Waals surface area (Å²) in [5.41, 5.74) is 3.47. The third kappa shape index (κ3) is 4.51. The standard InChI is InChI=1S/C24H20ClN3O5/c1-13(2)14-4-9-22-20(10-14)27-24(33-22)15-5-8-21(32-3)19(11-15)26-23(29)17-7-6-16(28(30)31)12-18(17)25/h4-13H,1-3H3,(H,26,29). The van der Waals surface area contributed by atoms with Gasteiger partial charge in [-0.2, -0.15) is 0 Å². The van der Waals surface area contributed by atoms with Crippen molar-refractivity contribution in [3.05, 3.63) is 80.9 Å². The van der Waals surface area contributed by atoms with Gasteiger partial charge in [0.2, 0.25) is 5.89 Å². The summed E-state index contributed by atoms with van der Waals surface area (Å²) in [5.74, 6) is 0.647. The maximum Gasteiger partial charge on any atom is 0.270 e. The lowest BCUT2D eigenvalue weighted by molar-refractivity contribution is -0.384. The van der Waals surface area contributed by atoms with Crippen molar-refractivity contribution in [1.82, 2.24) is 4.98 Å². The summed E-state index contributed by atoms with van der Waals surface area (Å²) in [5, 5.41) is 13.6. The second-order valence-electron chi connectivity index (χ2n) is 7.69. The van der Waals surface area contributed by atoms with Gasteiger partial charge in [-0.25, -0.2) is 4.98 Å². The fraction of sp³-hybridized carbons (Fsp3) is 0.167. The van der Waals surface area contributed by atoms with Crippen LogP contribution in [0.5, 0.6) is 5.75 Å². The van der Waals surface area contributed by atoms with Crippen molar-refractivity contribution in [2.45, 2.75) is 19.8 Å². The topological polar surface area (TPSA) is 108 Å². The van der Waals surface area contributed by atoms with E-state index in [1.54, 1.807) is 18.2 Å². The van der Waals surface area contributed by atoms with Crippen LogP contribution in [0.3, 0.4) is 0 Å². The fourth-order valence-electron chi connectivity index (χ4n) is 3.36. The van der Waals surface area contributed by atoms with E-state index in [4.69, 9.17) is 20.8 Å². The average molecular weight is 466 g/mol. The number of aromatic nitrogens is 1. The Kier molecular flexibility index (Phi) is 6.02. The molecule has 0 radical (unpaired) electrons. The van der Waals surface area contributed by atoms with Crippen LogP contribution in [0, 0.1) is 10.1 Å². The van der Waals surface area contributed by atoms with E-state index >= 15 is 0 Å². The molecule has 1 heterocycles. The number of nitrogens with one attached hydrogen (secondary N) is 1. The minimum absolute atomic E-state index is 0.0308. The van der Waals surface area contributed by atoms with E-state index in [2.05, 4.69) is 24.1 Å². The molecular formula is C24H20ClN3O5. The van der Waals surface area contributed by atoms with E-state index in [1.165, 1.54) is 19.2 Å². The zero-order valence-electron chi connectivity index (χ0n) is 18.1. The number of ether oxygens (including phenoxy) is 1. The van der Waals surface area contributed by atoms with E-state index in [0.717, 1.165) is 17.1 Å². The van der Waals surface area contributed by atoms with Gasteiger partial charge >= 0.3 is 0 Å². The smallest absolute Gasteiger partial charge is 0.270 e. The number of fused-ring (bicyclic) bond motifs is 1. The summed E-state index contributed by atoms with van der Waals surface area (Å²) in [6.45, 7) is 4.22. The van der Waals surface area contributed by atoms with E-state index in [-0.39, 0.29) is 16.3 Å². The summed E-state index contributed by atoms with van der Waals surface area (Å²) in [6, 6.07) is 14.7. The summed E-state index contributed by atoms with van der Waals surface area (Å²) >= 11 is 6.09. The number of oxazole rings is 1.